The highest BCUT2D eigenvalue weighted by Crippen LogP contribution is 2.77. The zero-order valence-electron chi connectivity index (χ0n) is 27.6. The molecule has 1 heterocycles. The fraction of sp³-hybridized carbons (Fsp3) is 0.944. The first-order chi connectivity index (χ1) is 20.1. The summed E-state index contributed by atoms with van der Waals surface area (Å²) in [7, 11) is 0. The minimum Gasteiger partial charge on any atom is -0.394 e. The molecule has 6 rings (SSSR count). The van der Waals surface area contributed by atoms with Gasteiger partial charge in [0.05, 0.1) is 19.3 Å². The van der Waals surface area contributed by atoms with Gasteiger partial charge in [-0.1, -0.05) is 46.8 Å². The summed E-state index contributed by atoms with van der Waals surface area (Å²) in [5.74, 6) is 2.61. The highest BCUT2D eigenvalue weighted by molar-refractivity contribution is 5.21. The van der Waals surface area contributed by atoms with Crippen molar-refractivity contribution in [3.63, 3.8) is 0 Å². The lowest BCUT2D eigenvalue weighted by molar-refractivity contribution is -0.311. The van der Waals surface area contributed by atoms with Crippen LogP contribution in [-0.2, 0) is 9.47 Å². The van der Waals surface area contributed by atoms with Gasteiger partial charge in [-0.3, -0.25) is 0 Å². The lowest BCUT2D eigenvalue weighted by atomic mass is 9.32. The summed E-state index contributed by atoms with van der Waals surface area (Å²) in [6, 6.07) is 0. The maximum atomic E-state index is 11.0. The van der Waals surface area contributed by atoms with Gasteiger partial charge < -0.3 is 35.0 Å². The van der Waals surface area contributed by atoms with E-state index in [4.69, 9.17) is 9.47 Å². The number of allylic oxidation sites excluding steroid dienone is 1. The molecule has 0 radical (unpaired) electrons. The van der Waals surface area contributed by atoms with Crippen molar-refractivity contribution in [1.82, 2.24) is 0 Å². The number of hydrogen-bond donors (Lipinski definition) is 5. The maximum Gasteiger partial charge on any atom is 0.186 e. The van der Waals surface area contributed by atoms with Gasteiger partial charge in [-0.15, -0.1) is 0 Å². The second-order valence-electron chi connectivity index (χ2n) is 17.4. The molecule has 15 atom stereocenters. The van der Waals surface area contributed by atoms with Crippen molar-refractivity contribution in [3.8, 4) is 0 Å². The van der Waals surface area contributed by atoms with E-state index in [0.717, 1.165) is 38.5 Å². The average Bonchev–Trinajstić information content (AvgIpc) is 3.34. The van der Waals surface area contributed by atoms with Gasteiger partial charge in [-0.25, -0.2) is 0 Å². The van der Waals surface area contributed by atoms with Crippen LogP contribution >= 0.6 is 0 Å². The van der Waals surface area contributed by atoms with Crippen LogP contribution < -0.4 is 0 Å². The Labute approximate surface area is 259 Å². The van der Waals surface area contributed by atoms with Crippen LogP contribution in [0.4, 0.5) is 0 Å². The SMILES string of the molecule is C=C(C)[C@@H]1CC[C@]2(COC3O[C@H](CO)[C@H](O)[C@H](O)[C@H]3O)CC[C@]3(C)[C@H](CC[C@@H]4[C@@]5(C)CC[C@H](O)C(C)(C)[C@@H]5CC[C@]43C)[C@@H]12. The van der Waals surface area contributed by atoms with Gasteiger partial charge in [-0.2, -0.15) is 0 Å². The molecule has 1 aliphatic heterocycles. The van der Waals surface area contributed by atoms with Crippen LogP contribution in [-0.4, -0.2) is 75.6 Å². The van der Waals surface area contributed by atoms with Crippen molar-refractivity contribution >= 4 is 0 Å². The topological polar surface area (TPSA) is 120 Å². The molecular weight excluding hydrogens is 544 g/mol. The second-order valence-corrected chi connectivity index (χ2v) is 17.4. The molecule has 0 aromatic heterocycles. The summed E-state index contributed by atoms with van der Waals surface area (Å²) in [5.41, 5.74) is 1.81. The van der Waals surface area contributed by atoms with E-state index in [1.165, 1.54) is 31.3 Å². The highest BCUT2D eigenvalue weighted by atomic mass is 16.7. The molecule has 0 aromatic carbocycles. The molecule has 0 aromatic rings. The van der Waals surface area contributed by atoms with Crippen LogP contribution in [0.1, 0.15) is 106 Å². The number of aliphatic hydroxyl groups excluding tert-OH is 5. The largest absolute Gasteiger partial charge is 0.394 e. The van der Waals surface area contributed by atoms with Gasteiger partial charge in [0.1, 0.15) is 24.4 Å². The number of fused-ring (bicyclic) bond motifs is 7. The Hall–Kier alpha value is -0.540. The maximum absolute atomic E-state index is 11.0. The smallest absolute Gasteiger partial charge is 0.186 e. The third-order valence-electron chi connectivity index (χ3n) is 15.6. The zero-order valence-corrected chi connectivity index (χ0v) is 27.6. The summed E-state index contributed by atoms with van der Waals surface area (Å²) in [4.78, 5) is 0. The second kappa shape index (κ2) is 10.7. The molecule has 1 saturated heterocycles. The Morgan fingerprint density at radius 2 is 1.51 bits per heavy atom. The van der Waals surface area contributed by atoms with Crippen molar-refractivity contribution < 1.29 is 35.0 Å². The van der Waals surface area contributed by atoms with Crippen molar-refractivity contribution in [1.29, 1.82) is 0 Å². The van der Waals surface area contributed by atoms with E-state index in [2.05, 4.69) is 48.1 Å². The van der Waals surface area contributed by atoms with Crippen LogP contribution in [0.2, 0.25) is 0 Å². The van der Waals surface area contributed by atoms with Crippen molar-refractivity contribution in [2.24, 2.45) is 56.7 Å². The fourth-order valence-electron chi connectivity index (χ4n) is 13.0. The Balaban J connectivity index is 1.29. The zero-order chi connectivity index (χ0) is 31.3. The predicted molar refractivity (Wildman–Crippen MR) is 165 cm³/mol. The first kappa shape index (κ1) is 32.4. The molecule has 6 fully saturated rings. The van der Waals surface area contributed by atoms with Gasteiger partial charge in [0, 0.05) is 0 Å². The Bertz CT molecular complexity index is 1080. The molecule has 0 spiro atoms. The predicted octanol–water partition coefficient (Wildman–Crippen LogP) is 4.82. The molecule has 0 amide bonds. The van der Waals surface area contributed by atoms with Gasteiger partial charge in [0.2, 0.25) is 0 Å². The lowest BCUT2D eigenvalue weighted by Gasteiger charge is -2.73. The minimum absolute atomic E-state index is 0.0496. The standard InChI is InChI=1S/C36H60O7/c1-20(2)21-10-15-36(19-42-31-30(41)29(40)28(39)23(18-37)43-31)17-16-34(6)22(27(21)36)8-9-25-33(5)13-12-26(38)32(3,4)24(33)11-14-35(25,34)7/h21-31,37-41H,1,8-19H2,2-7H3/t21-,22+,23+,24-,25+,26-,27+,28-,29-,30+,31?,33-,34+,35+,36+/m0/s1. The van der Waals surface area contributed by atoms with E-state index >= 15 is 0 Å². The van der Waals surface area contributed by atoms with E-state index in [-0.39, 0.29) is 33.2 Å². The molecule has 7 nitrogen and oxygen atoms in total. The van der Waals surface area contributed by atoms with Crippen molar-refractivity contribution in [2.75, 3.05) is 13.2 Å². The normalized spacial score (nSPS) is 55.9. The average molecular weight is 605 g/mol. The molecule has 0 bridgehead atoms. The Kier molecular flexibility index (Phi) is 8.10. The van der Waals surface area contributed by atoms with Crippen molar-refractivity contribution in [2.45, 2.75) is 143 Å². The molecule has 246 valence electrons. The lowest BCUT2D eigenvalue weighted by Crippen LogP contribution is -2.67. The van der Waals surface area contributed by atoms with Crippen LogP contribution in [0.25, 0.3) is 0 Å². The number of ether oxygens (including phenoxy) is 2. The van der Waals surface area contributed by atoms with Gasteiger partial charge in [0.25, 0.3) is 0 Å². The minimum atomic E-state index is -1.43. The van der Waals surface area contributed by atoms with Crippen LogP contribution in [0.15, 0.2) is 12.2 Å². The van der Waals surface area contributed by atoms with Gasteiger partial charge in [-0.05, 0) is 128 Å². The Morgan fingerprint density at radius 3 is 2.19 bits per heavy atom. The van der Waals surface area contributed by atoms with Crippen molar-refractivity contribution in [3.05, 3.63) is 12.2 Å². The van der Waals surface area contributed by atoms with E-state index in [1.54, 1.807) is 0 Å². The van der Waals surface area contributed by atoms with E-state index in [9.17, 15) is 25.5 Å². The van der Waals surface area contributed by atoms with E-state index in [1.807, 2.05) is 0 Å². The number of aliphatic hydroxyl groups is 5. The summed E-state index contributed by atoms with van der Waals surface area (Å²) < 4.78 is 12.1. The molecule has 5 N–H and O–H groups in total. The van der Waals surface area contributed by atoms with E-state index < -0.39 is 37.3 Å². The quantitative estimate of drug-likeness (QED) is 0.286. The first-order valence-corrected chi connectivity index (χ1v) is 17.3. The molecule has 7 heteroatoms. The van der Waals surface area contributed by atoms with Crippen LogP contribution in [0, 0.1) is 56.7 Å². The van der Waals surface area contributed by atoms with Gasteiger partial charge in [0.15, 0.2) is 6.29 Å². The molecule has 43 heavy (non-hydrogen) atoms. The molecular formula is C36H60O7. The summed E-state index contributed by atoms with van der Waals surface area (Å²) in [6.45, 7) is 19.1. The Morgan fingerprint density at radius 1 is 0.791 bits per heavy atom. The third kappa shape index (κ3) is 4.45. The molecule has 5 saturated carbocycles. The molecule has 6 aliphatic rings. The monoisotopic (exact) mass is 604 g/mol. The fourth-order valence-corrected chi connectivity index (χ4v) is 13.0. The summed E-state index contributed by atoms with van der Waals surface area (Å²) >= 11 is 0. The highest BCUT2D eigenvalue weighted by Gasteiger charge is 2.71. The summed E-state index contributed by atoms with van der Waals surface area (Å²) in [5, 5.41) is 52.1. The first-order valence-electron chi connectivity index (χ1n) is 17.3. The van der Waals surface area contributed by atoms with Gasteiger partial charge >= 0.3 is 0 Å². The number of hydrogen-bond acceptors (Lipinski definition) is 7. The van der Waals surface area contributed by atoms with E-state index in [0.29, 0.717) is 36.2 Å². The molecule has 5 aliphatic carbocycles. The van der Waals surface area contributed by atoms with Crippen LogP contribution in [0.3, 0.4) is 0 Å². The number of rotatable bonds is 5. The van der Waals surface area contributed by atoms with Crippen LogP contribution in [0.5, 0.6) is 0 Å². The summed E-state index contributed by atoms with van der Waals surface area (Å²) in [6.07, 6.45) is 4.78. The molecule has 1 unspecified atom stereocenters. The third-order valence-corrected chi connectivity index (χ3v) is 15.6.